The minimum Gasteiger partial charge on any atom is -0.301 e. The Morgan fingerprint density at radius 2 is 1.00 bits per heavy atom. The molecule has 2 amide bonds. The van der Waals surface area contributed by atoms with Gasteiger partial charge in [-0.15, -0.1) is 0 Å². The molecule has 0 atom stereocenters. The van der Waals surface area contributed by atoms with Gasteiger partial charge in [-0.05, 0) is 48.2 Å². The van der Waals surface area contributed by atoms with E-state index in [0.717, 1.165) is 24.2 Å². The third-order valence-corrected chi connectivity index (χ3v) is 4.50. The summed E-state index contributed by atoms with van der Waals surface area (Å²) in [6, 6.07) is 15.7. The summed E-state index contributed by atoms with van der Waals surface area (Å²) in [4.78, 5) is 28.2. The molecule has 24 heavy (non-hydrogen) atoms. The van der Waals surface area contributed by atoms with Gasteiger partial charge in [-0.1, -0.05) is 38.1 Å². The molecule has 4 heteroatoms. The molecule has 0 saturated carbocycles. The zero-order valence-corrected chi connectivity index (χ0v) is 14.2. The summed E-state index contributed by atoms with van der Waals surface area (Å²) in [7, 11) is 0. The summed E-state index contributed by atoms with van der Waals surface area (Å²) in [6.45, 7) is 4.35. The Morgan fingerprint density at radius 1 is 0.667 bits per heavy atom. The number of carbonyl (C=O) groups excluding carboxylic acids is 2. The highest BCUT2D eigenvalue weighted by atomic mass is 16.2. The van der Waals surface area contributed by atoms with Crippen LogP contribution < -0.4 is 9.80 Å². The zero-order valence-electron chi connectivity index (χ0n) is 14.2. The predicted octanol–water partition coefficient (Wildman–Crippen LogP) is 3.19. The van der Waals surface area contributed by atoms with E-state index in [4.69, 9.17) is 0 Å². The van der Waals surface area contributed by atoms with Gasteiger partial charge in [0.15, 0.2) is 0 Å². The quantitative estimate of drug-likeness (QED) is 0.867. The Bertz CT molecular complexity index is 670. The van der Waals surface area contributed by atoms with Crippen molar-refractivity contribution in [2.24, 2.45) is 0 Å². The molecular formula is C20H22N2O2. The standard InChI is InChI=1S/C20H22N2O2/c1-3-15-5-9-17(10-6-15)21-13-20(24)22(14-19(21)23)18-11-7-16(4-2)8-12-18/h5-12H,3-4,13-14H2,1-2H3. The van der Waals surface area contributed by atoms with Crippen molar-refractivity contribution in [3.8, 4) is 0 Å². The van der Waals surface area contributed by atoms with Crippen molar-refractivity contribution >= 4 is 23.2 Å². The van der Waals surface area contributed by atoms with Crippen LogP contribution in [0.3, 0.4) is 0 Å². The van der Waals surface area contributed by atoms with Gasteiger partial charge in [-0.2, -0.15) is 0 Å². The first-order chi connectivity index (χ1) is 11.6. The summed E-state index contributed by atoms with van der Waals surface area (Å²) in [5.74, 6) is -0.114. The molecule has 2 aromatic carbocycles. The minimum atomic E-state index is -0.0570. The van der Waals surface area contributed by atoms with Gasteiger partial charge in [0, 0.05) is 11.4 Å². The van der Waals surface area contributed by atoms with Gasteiger partial charge >= 0.3 is 0 Å². The van der Waals surface area contributed by atoms with Gasteiger partial charge in [0.05, 0.1) is 0 Å². The topological polar surface area (TPSA) is 40.6 Å². The Kier molecular flexibility index (Phi) is 4.65. The van der Waals surface area contributed by atoms with Crippen LogP contribution in [0.2, 0.25) is 0 Å². The number of anilines is 2. The molecule has 0 bridgehead atoms. The van der Waals surface area contributed by atoms with Crippen LogP contribution in [0.4, 0.5) is 11.4 Å². The summed E-state index contributed by atoms with van der Waals surface area (Å²) in [6.07, 6.45) is 1.91. The third-order valence-electron chi connectivity index (χ3n) is 4.50. The number of benzene rings is 2. The van der Waals surface area contributed by atoms with E-state index in [-0.39, 0.29) is 24.9 Å². The van der Waals surface area contributed by atoms with E-state index in [9.17, 15) is 9.59 Å². The highest BCUT2D eigenvalue weighted by Gasteiger charge is 2.31. The maximum Gasteiger partial charge on any atom is 0.247 e. The van der Waals surface area contributed by atoms with E-state index in [1.807, 2.05) is 48.5 Å². The maximum absolute atomic E-state index is 12.5. The van der Waals surface area contributed by atoms with E-state index < -0.39 is 0 Å². The van der Waals surface area contributed by atoms with Gasteiger partial charge < -0.3 is 9.80 Å². The van der Waals surface area contributed by atoms with Crippen LogP contribution in [0.5, 0.6) is 0 Å². The molecule has 1 aliphatic heterocycles. The zero-order chi connectivity index (χ0) is 17.1. The molecule has 3 rings (SSSR count). The van der Waals surface area contributed by atoms with Crippen LogP contribution >= 0.6 is 0 Å². The molecule has 0 N–H and O–H groups in total. The van der Waals surface area contributed by atoms with Crippen LogP contribution in [-0.2, 0) is 22.4 Å². The maximum atomic E-state index is 12.5. The lowest BCUT2D eigenvalue weighted by Crippen LogP contribution is -2.54. The number of carbonyl (C=O) groups is 2. The number of nitrogens with zero attached hydrogens (tertiary/aromatic N) is 2. The van der Waals surface area contributed by atoms with Gasteiger partial charge in [0.2, 0.25) is 11.8 Å². The van der Waals surface area contributed by atoms with Crippen molar-refractivity contribution in [2.75, 3.05) is 22.9 Å². The van der Waals surface area contributed by atoms with E-state index in [2.05, 4.69) is 13.8 Å². The van der Waals surface area contributed by atoms with Crippen LogP contribution in [0.25, 0.3) is 0 Å². The van der Waals surface area contributed by atoms with Gasteiger partial charge in [0.1, 0.15) is 13.1 Å². The van der Waals surface area contributed by atoms with Crippen molar-refractivity contribution in [1.82, 2.24) is 0 Å². The van der Waals surface area contributed by atoms with Crippen LogP contribution in [0.1, 0.15) is 25.0 Å². The highest BCUT2D eigenvalue weighted by molar-refractivity contribution is 6.12. The van der Waals surface area contributed by atoms with Gasteiger partial charge in [-0.25, -0.2) is 0 Å². The fraction of sp³-hybridized carbons (Fsp3) is 0.300. The fourth-order valence-corrected chi connectivity index (χ4v) is 2.91. The largest absolute Gasteiger partial charge is 0.301 e. The molecule has 1 saturated heterocycles. The number of hydrogen-bond acceptors (Lipinski definition) is 2. The SMILES string of the molecule is CCc1ccc(N2CC(=O)N(c3ccc(CC)cc3)CC2=O)cc1. The number of rotatable bonds is 4. The number of hydrogen-bond donors (Lipinski definition) is 0. The molecule has 0 spiro atoms. The minimum absolute atomic E-state index is 0.0570. The first-order valence-electron chi connectivity index (χ1n) is 8.41. The molecular weight excluding hydrogens is 300 g/mol. The van der Waals surface area contributed by atoms with Crippen molar-refractivity contribution in [1.29, 1.82) is 0 Å². The van der Waals surface area contributed by atoms with Gasteiger partial charge in [0.25, 0.3) is 0 Å². The molecule has 0 radical (unpaired) electrons. The second kappa shape index (κ2) is 6.87. The van der Waals surface area contributed by atoms with E-state index in [1.54, 1.807) is 9.80 Å². The number of amides is 2. The lowest BCUT2D eigenvalue weighted by Gasteiger charge is -2.34. The third kappa shape index (κ3) is 3.18. The molecule has 2 aromatic rings. The van der Waals surface area contributed by atoms with Crippen LogP contribution in [-0.4, -0.2) is 24.9 Å². The lowest BCUT2D eigenvalue weighted by molar-refractivity contribution is -0.125. The molecule has 124 valence electrons. The fourth-order valence-electron chi connectivity index (χ4n) is 2.91. The molecule has 0 aliphatic carbocycles. The summed E-state index contributed by atoms with van der Waals surface area (Å²) in [5.41, 5.74) is 4.00. The van der Waals surface area contributed by atoms with Gasteiger partial charge in [-0.3, -0.25) is 9.59 Å². The smallest absolute Gasteiger partial charge is 0.247 e. The second-order valence-corrected chi connectivity index (χ2v) is 6.00. The Hall–Kier alpha value is -2.62. The average molecular weight is 322 g/mol. The summed E-state index contributed by atoms with van der Waals surface area (Å²) < 4.78 is 0. The van der Waals surface area contributed by atoms with Crippen molar-refractivity contribution < 1.29 is 9.59 Å². The molecule has 1 heterocycles. The first kappa shape index (κ1) is 16.2. The van der Waals surface area contributed by atoms with E-state index in [0.29, 0.717) is 0 Å². The van der Waals surface area contributed by atoms with Crippen LogP contribution in [0, 0.1) is 0 Å². The van der Waals surface area contributed by atoms with Crippen molar-refractivity contribution in [2.45, 2.75) is 26.7 Å². The molecule has 1 fully saturated rings. The Morgan fingerprint density at radius 3 is 1.29 bits per heavy atom. The number of piperazine rings is 1. The summed E-state index contributed by atoms with van der Waals surface area (Å²) in [5, 5.41) is 0. The van der Waals surface area contributed by atoms with Crippen molar-refractivity contribution in [3.63, 3.8) is 0 Å². The van der Waals surface area contributed by atoms with E-state index >= 15 is 0 Å². The van der Waals surface area contributed by atoms with Crippen molar-refractivity contribution in [3.05, 3.63) is 59.7 Å². The number of aryl methyl sites for hydroxylation is 2. The molecule has 4 nitrogen and oxygen atoms in total. The summed E-state index contributed by atoms with van der Waals surface area (Å²) >= 11 is 0. The Labute approximate surface area is 142 Å². The van der Waals surface area contributed by atoms with E-state index in [1.165, 1.54) is 11.1 Å². The van der Waals surface area contributed by atoms with Crippen LogP contribution in [0.15, 0.2) is 48.5 Å². The predicted molar refractivity (Wildman–Crippen MR) is 96.3 cm³/mol. The highest BCUT2D eigenvalue weighted by Crippen LogP contribution is 2.23. The normalized spacial score (nSPS) is 15.1. The molecule has 0 unspecified atom stereocenters. The molecule has 1 aliphatic rings. The lowest BCUT2D eigenvalue weighted by atomic mass is 10.1. The monoisotopic (exact) mass is 322 g/mol. The second-order valence-electron chi connectivity index (χ2n) is 6.00. The average Bonchev–Trinajstić information content (AvgIpc) is 2.63. The first-order valence-corrected chi connectivity index (χ1v) is 8.41. The molecule has 0 aromatic heterocycles. The Balaban J connectivity index is 1.78.